The molecule has 0 atom stereocenters. The predicted molar refractivity (Wildman–Crippen MR) is 90.7 cm³/mol. The first-order valence-electron chi connectivity index (χ1n) is 7.00. The van der Waals surface area contributed by atoms with E-state index in [1.54, 1.807) is 0 Å². The Hall–Kier alpha value is -1.61. The fraction of sp³-hybridized carbons (Fsp3) is 0.278. The molecule has 2 nitrogen and oxygen atoms in total. The Morgan fingerprint density at radius 1 is 1.10 bits per heavy atom. The second-order valence-electron chi connectivity index (χ2n) is 5.84. The zero-order chi connectivity index (χ0) is 15.5. The lowest BCUT2D eigenvalue weighted by Gasteiger charge is -2.25. The Morgan fingerprint density at radius 2 is 1.76 bits per heavy atom. The highest BCUT2D eigenvalue weighted by molar-refractivity contribution is 9.10. The third kappa shape index (κ3) is 3.73. The van der Waals surface area contributed by atoms with Gasteiger partial charge in [0.05, 0.1) is 0 Å². The molecule has 0 aliphatic carbocycles. The SMILES string of the molecule is Cc1c(Br)cccc1C(=O)NCC(C)(C)c1ccccc1. The molecule has 110 valence electrons. The molecular formula is C18H20BrNO. The summed E-state index contributed by atoms with van der Waals surface area (Å²) in [6, 6.07) is 15.9. The summed E-state index contributed by atoms with van der Waals surface area (Å²) >= 11 is 3.46. The lowest BCUT2D eigenvalue weighted by Crippen LogP contribution is -2.36. The first-order valence-corrected chi connectivity index (χ1v) is 7.80. The Balaban J connectivity index is 2.09. The third-order valence-corrected chi connectivity index (χ3v) is 4.62. The van der Waals surface area contributed by atoms with Crippen LogP contribution < -0.4 is 5.32 Å². The molecular weight excluding hydrogens is 326 g/mol. The molecule has 2 aromatic carbocycles. The highest BCUT2D eigenvalue weighted by Gasteiger charge is 2.21. The zero-order valence-corrected chi connectivity index (χ0v) is 14.2. The number of halogens is 1. The molecule has 0 saturated heterocycles. The van der Waals surface area contributed by atoms with Crippen LogP contribution in [0.1, 0.15) is 35.3 Å². The van der Waals surface area contributed by atoms with Gasteiger partial charge >= 0.3 is 0 Å². The second-order valence-corrected chi connectivity index (χ2v) is 6.70. The number of benzene rings is 2. The summed E-state index contributed by atoms with van der Waals surface area (Å²) in [5.41, 5.74) is 2.80. The second kappa shape index (κ2) is 6.44. The van der Waals surface area contributed by atoms with Gasteiger partial charge in [0.1, 0.15) is 0 Å². The summed E-state index contributed by atoms with van der Waals surface area (Å²) in [7, 11) is 0. The number of amides is 1. The standard InChI is InChI=1S/C18H20BrNO/c1-13-15(10-7-11-16(13)19)17(21)20-12-18(2,3)14-8-5-4-6-9-14/h4-11H,12H2,1-3H3,(H,20,21). The Morgan fingerprint density at radius 3 is 2.43 bits per heavy atom. The first kappa shape index (κ1) is 15.8. The minimum absolute atomic E-state index is 0.0298. The van der Waals surface area contributed by atoms with Gasteiger partial charge in [0, 0.05) is 22.0 Å². The first-order chi connectivity index (χ1) is 9.92. The number of rotatable bonds is 4. The summed E-state index contributed by atoms with van der Waals surface area (Å²) in [5, 5.41) is 3.05. The Labute approximate surface area is 134 Å². The van der Waals surface area contributed by atoms with E-state index in [-0.39, 0.29) is 11.3 Å². The third-order valence-electron chi connectivity index (χ3n) is 3.76. The van der Waals surface area contributed by atoms with Crippen LogP contribution in [0.25, 0.3) is 0 Å². The van der Waals surface area contributed by atoms with Crippen LogP contribution >= 0.6 is 15.9 Å². The highest BCUT2D eigenvalue weighted by atomic mass is 79.9. The average Bonchev–Trinajstić information content (AvgIpc) is 2.49. The van der Waals surface area contributed by atoms with Crippen LogP contribution in [0.3, 0.4) is 0 Å². The van der Waals surface area contributed by atoms with Crippen molar-refractivity contribution in [3.63, 3.8) is 0 Å². The van der Waals surface area contributed by atoms with Gasteiger partial charge in [0.25, 0.3) is 5.91 Å². The molecule has 0 bridgehead atoms. The van der Waals surface area contributed by atoms with Crippen LogP contribution in [-0.4, -0.2) is 12.5 Å². The fourth-order valence-corrected chi connectivity index (χ4v) is 2.61. The molecule has 0 spiro atoms. The molecule has 2 rings (SSSR count). The maximum absolute atomic E-state index is 12.4. The normalized spacial score (nSPS) is 11.2. The molecule has 1 amide bonds. The highest BCUT2D eigenvalue weighted by Crippen LogP contribution is 2.23. The quantitative estimate of drug-likeness (QED) is 0.870. The van der Waals surface area contributed by atoms with E-state index in [1.807, 2.05) is 43.3 Å². The van der Waals surface area contributed by atoms with Crippen LogP contribution in [0.15, 0.2) is 53.0 Å². The average molecular weight is 346 g/mol. The maximum Gasteiger partial charge on any atom is 0.251 e. The van der Waals surface area contributed by atoms with Gasteiger partial charge in [-0.1, -0.05) is 66.2 Å². The van der Waals surface area contributed by atoms with Crippen LogP contribution in [0, 0.1) is 6.92 Å². The van der Waals surface area contributed by atoms with E-state index in [9.17, 15) is 4.79 Å². The minimum Gasteiger partial charge on any atom is -0.351 e. The van der Waals surface area contributed by atoms with E-state index < -0.39 is 0 Å². The molecule has 0 saturated carbocycles. The Kier molecular flexibility index (Phi) is 4.84. The molecule has 0 radical (unpaired) electrons. The van der Waals surface area contributed by atoms with Gasteiger partial charge in [0.2, 0.25) is 0 Å². The van der Waals surface area contributed by atoms with Gasteiger partial charge in [-0.25, -0.2) is 0 Å². The fourth-order valence-electron chi connectivity index (χ4n) is 2.24. The largest absolute Gasteiger partial charge is 0.351 e. The van der Waals surface area contributed by atoms with Crippen molar-refractivity contribution in [2.45, 2.75) is 26.2 Å². The van der Waals surface area contributed by atoms with E-state index in [2.05, 4.69) is 47.2 Å². The van der Waals surface area contributed by atoms with Gasteiger partial charge in [0.15, 0.2) is 0 Å². The number of carbonyl (C=O) groups is 1. The summed E-state index contributed by atoms with van der Waals surface area (Å²) in [4.78, 5) is 12.4. The zero-order valence-electron chi connectivity index (χ0n) is 12.6. The molecule has 0 heterocycles. The molecule has 0 aromatic heterocycles. The number of hydrogen-bond acceptors (Lipinski definition) is 1. The van der Waals surface area contributed by atoms with Crippen LogP contribution in [-0.2, 0) is 5.41 Å². The van der Waals surface area contributed by atoms with Crippen LogP contribution in [0.4, 0.5) is 0 Å². The predicted octanol–water partition coefficient (Wildman–Crippen LogP) is 4.47. The minimum atomic E-state index is -0.100. The van der Waals surface area contributed by atoms with Gasteiger partial charge in [-0.3, -0.25) is 4.79 Å². The van der Waals surface area contributed by atoms with Crippen molar-refractivity contribution in [1.29, 1.82) is 0 Å². The van der Waals surface area contributed by atoms with E-state index in [0.29, 0.717) is 12.1 Å². The molecule has 0 aliphatic heterocycles. The number of carbonyl (C=O) groups excluding carboxylic acids is 1. The van der Waals surface area contributed by atoms with Crippen molar-refractivity contribution < 1.29 is 4.79 Å². The molecule has 0 unspecified atom stereocenters. The van der Waals surface area contributed by atoms with Crippen molar-refractivity contribution in [2.75, 3.05) is 6.54 Å². The van der Waals surface area contributed by atoms with Gasteiger partial charge in [-0.2, -0.15) is 0 Å². The Bertz CT molecular complexity index is 635. The summed E-state index contributed by atoms with van der Waals surface area (Å²) in [6.45, 7) is 6.82. The van der Waals surface area contributed by atoms with E-state index in [1.165, 1.54) is 5.56 Å². The summed E-state index contributed by atoms with van der Waals surface area (Å²) in [6.07, 6.45) is 0. The maximum atomic E-state index is 12.4. The van der Waals surface area contributed by atoms with Crippen LogP contribution in [0.2, 0.25) is 0 Å². The van der Waals surface area contributed by atoms with Gasteiger partial charge in [-0.05, 0) is 30.2 Å². The summed E-state index contributed by atoms with van der Waals surface area (Å²) < 4.78 is 0.956. The molecule has 0 fully saturated rings. The van der Waals surface area contributed by atoms with Gasteiger partial charge < -0.3 is 5.32 Å². The topological polar surface area (TPSA) is 29.1 Å². The van der Waals surface area contributed by atoms with E-state index >= 15 is 0 Å². The molecule has 2 aromatic rings. The monoisotopic (exact) mass is 345 g/mol. The smallest absolute Gasteiger partial charge is 0.251 e. The van der Waals surface area contributed by atoms with Crippen molar-refractivity contribution in [2.24, 2.45) is 0 Å². The van der Waals surface area contributed by atoms with Crippen LogP contribution in [0.5, 0.6) is 0 Å². The number of hydrogen-bond donors (Lipinski definition) is 1. The van der Waals surface area contributed by atoms with Gasteiger partial charge in [-0.15, -0.1) is 0 Å². The molecule has 3 heteroatoms. The van der Waals surface area contributed by atoms with Crippen molar-refractivity contribution in [3.05, 3.63) is 69.7 Å². The van der Waals surface area contributed by atoms with Crippen molar-refractivity contribution in [1.82, 2.24) is 5.32 Å². The van der Waals surface area contributed by atoms with E-state index in [0.717, 1.165) is 10.0 Å². The van der Waals surface area contributed by atoms with Crippen molar-refractivity contribution in [3.8, 4) is 0 Å². The van der Waals surface area contributed by atoms with E-state index in [4.69, 9.17) is 0 Å². The van der Waals surface area contributed by atoms with Crippen molar-refractivity contribution >= 4 is 21.8 Å². The molecule has 21 heavy (non-hydrogen) atoms. The molecule has 0 aliphatic rings. The lowest BCUT2D eigenvalue weighted by molar-refractivity contribution is 0.0945. The number of nitrogens with one attached hydrogen (secondary N) is 1. The lowest BCUT2D eigenvalue weighted by atomic mass is 9.84. The molecule has 1 N–H and O–H groups in total. The summed E-state index contributed by atoms with van der Waals surface area (Å²) in [5.74, 6) is -0.0298.